The van der Waals surface area contributed by atoms with Crippen molar-refractivity contribution in [3.05, 3.63) is 150 Å². The molecule has 220 valence electrons. The van der Waals surface area contributed by atoms with Gasteiger partial charge in [-0.2, -0.15) is 0 Å². The summed E-state index contributed by atoms with van der Waals surface area (Å²) >= 11 is 0. The summed E-state index contributed by atoms with van der Waals surface area (Å²) in [5, 5.41) is 12.5. The molecule has 44 heavy (non-hydrogen) atoms. The van der Waals surface area contributed by atoms with Gasteiger partial charge in [-0.05, 0) is 63.7 Å². The van der Waals surface area contributed by atoms with Crippen LogP contribution in [0, 0.1) is 0 Å². The number of amides is 1. The maximum atomic E-state index is 12.8. The van der Waals surface area contributed by atoms with Gasteiger partial charge in [-0.15, -0.1) is 0 Å². The number of ether oxygens (including phenoxy) is 3. The zero-order chi connectivity index (χ0) is 30.3. The Morgan fingerprint density at radius 1 is 0.705 bits per heavy atom. The van der Waals surface area contributed by atoms with E-state index in [1.807, 2.05) is 84.9 Å². The summed E-state index contributed by atoms with van der Waals surface area (Å²) in [6.07, 6.45) is -0.780. The molecule has 0 aromatic heterocycles. The monoisotopic (exact) mass is 585 g/mol. The second kappa shape index (κ2) is 13.2. The molecule has 1 amide bonds. The van der Waals surface area contributed by atoms with Crippen LogP contribution in [0.4, 0.5) is 4.79 Å². The Kier molecular flexibility index (Phi) is 8.55. The first-order valence-electron chi connectivity index (χ1n) is 14.4. The van der Waals surface area contributed by atoms with Crippen LogP contribution in [-0.4, -0.2) is 29.8 Å². The molecular formula is C37H31NO6. The fraction of sp³-hybridized carbons (Fsp3) is 0.135. The number of nitrogens with one attached hydrogen (secondary N) is 1. The number of carboxylic acids is 1. The predicted octanol–water partition coefficient (Wildman–Crippen LogP) is 7.59. The molecule has 5 aromatic carbocycles. The van der Waals surface area contributed by atoms with Gasteiger partial charge in [-0.1, -0.05) is 97.1 Å². The molecule has 1 atom stereocenters. The van der Waals surface area contributed by atoms with Crippen LogP contribution in [0.3, 0.4) is 0 Å². The standard InChI is InChI=1S/C37H31NO6/c39-36(40)34(38-37(41)43-24-33-31-15-7-5-13-29(31)30-14-6-8-16-32(30)33)22-26-12-4-9-17-35(26)44-28-20-18-27(19-21-28)42-23-25-10-2-1-3-11-25/h1-21,33-34H,22-24H2,(H,38,41)(H,39,40). The zero-order valence-electron chi connectivity index (χ0n) is 23.9. The van der Waals surface area contributed by atoms with E-state index >= 15 is 0 Å². The van der Waals surface area contributed by atoms with Gasteiger partial charge in [-0.3, -0.25) is 0 Å². The Labute approximate surface area is 255 Å². The van der Waals surface area contributed by atoms with Crippen molar-refractivity contribution in [3.63, 3.8) is 0 Å². The highest BCUT2D eigenvalue weighted by atomic mass is 16.5. The zero-order valence-corrected chi connectivity index (χ0v) is 23.9. The average Bonchev–Trinajstić information content (AvgIpc) is 3.38. The lowest BCUT2D eigenvalue weighted by molar-refractivity contribution is -0.139. The fourth-order valence-electron chi connectivity index (χ4n) is 5.45. The molecule has 0 heterocycles. The number of hydrogen-bond donors (Lipinski definition) is 2. The molecule has 0 spiro atoms. The van der Waals surface area contributed by atoms with Crippen molar-refractivity contribution in [1.82, 2.24) is 5.32 Å². The first-order chi connectivity index (χ1) is 21.5. The molecule has 2 N–H and O–H groups in total. The molecule has 5 aromatic rings. The van der Waals surface area contributed by atoms with Gasteiger partial charge in [0.2, 0.25) is 0 Å². The van der Waals surface area contributed by atoms with Gasteiger partial charge >= 0.3 is 12.1 Å². The smallest absolute Gasteiger partial charge is 0.407 e. The van der Waals surface area contributed by atoms with Crippen LogP contribution in [0.5, 0.6) is 17.2 Å². The van der Waals surface area contributed by atoms with Crippen molar-refractivity contribution in [2.75, 3.05) is 6.61 Å². The van der Waals surface area contributed by atoms with Gasteiger partial charge < -0.3 is 24.6 Å². The third-order valence-corrected chi connectivity index (χ3v) is 7.63. The second-order valence-electron chi connectivity index (χ2n) is 10.5. The third kappa shape index (κ3) is 6.57. The Hall–Kier alpha value is -5.56. The maximum absolute atomic E-state index is 12.8. The van der Waals surface area contributed by atoms with E-state index in [4.69, 9.17) is 14.2 Å². The van der Waals surface area contributed by atoms with Crippen LogP contribution >= 0.6 is 0 Å². The summed E-state index contributed by atoms with van der Waals surface area (Å²) in [7, 11) is 0. The molecule has 7 heteroatoms. The lowest BCUT2D eigenvalue weighted by atomic mass is 9.98. The largest absolute Gasteiger partial charge is 0.489 e. The molecule has 6 rings (SSSR count). The molecule has 0 saturated heterocycles. The van der Waals surface area contributed by atoms with Crippen LogP contribution in [0.25, 0.3) is 11.1 Å². The number of carbonyl (C=O) groups is 2. The van der Waals surface area contributed by atoms with E-state index < -0.39 is 18.1 Å². The van der Waals surface area contributed by atoms with E-state index in [9.17, 15) is 14.7 Å². The summed E-state index contributed by atoms with van der Waals surface area (Å²) in [5.41, 5.74) is 6.10. The van der Waals surface area contributed by atoms with Crippen molar-refractivity contribution < 1.29 is 28.9 Å². The van der Waals surface area contributed by atoms with E-state index in [1.54, 1.807) is 30.3 Å². The van der Waals surface area contributed by atoms with Crippen LogP contribution in [0.15, 0.2) is 127 Å². The minimum absolute atomic E-state index is 0.00791. The van der Waals surface area contributed by atoms with Crippen molar-refractivity contribution in [1.29, 1.82) is 0 Å². The Morgan fingerprint density at radius 2 is 1.30 bits per heavy atom. The summed E-state index contributed by atoms with van der Waals surface area (Å²) in [6.45, 7) is 0.550. The molecule has 0 bridgehead atoms. The lowest BCUT2D eigenvalue weighted by Crippen LogP contribution is -2.43. The first-order valence-corrected chi connectivity index (χ1v) is 14.4. The number of carboxylic acid groups (broad SMARTS) is 1. The van der Waals surface area contributed by atoms with Crippen molar-refractivity contribution >= 4 is 12.1 Å². The summed E-state index contributed by atoms with van der Waals surface area (Å²) < 4.78 is 17.5. The number of benzene rings is 5. The van der Waals surface area contributed by atoms with Crippen molar-refractivity contribution in [2.24, 2.45) is 0 Å². The average molecular weight is 586 g/mol. The minimum Gasteiger partial charge on any atom is -0.489 e. The summed E-state index contributed by atoms with van der Waals surface area (Å²) in [4.78, 5) is 25.0. The summed E-state index contributed by atoms with van der Waals surface area (Å²) in [5.74, 6) is 0.466. The van der Waals surface area contributed by atoms with Crippen LogP contribution < -0.4 is 14.8 Å². The van der Waals surface area contributed by atoms with Gasteiger partial charge in [0.05, 0.1) is 0 Å². The topological polar surface area (TPSA) is 94.1 Å². The highest BCUT2D eigenvalue weighted by Crippen LogP contribution is 2.44. The number of rotatable bonds is 11. The SMILES string of the molecule is O=C(NC(Cc1ccccc1Oc1ccc(OCc2ccccc2)cc1)C(=O)O)OCC1c2ccccc2-c2ccccc21. The number of para-hydroxylation sites is 1. The molecule has 1 aliphatic rings. The van der Waals surface area contributed by atoms with Gasteiger partial charge in [0.25, 0.3) is 0 Å². The molecule has 0 saturated carbocycles. The molecule has 7 nitrogen and oxygen atoms in total. The molecule has 0 aliphatic heterocycles. The number of alkyl carbamates (subject to hydrolysis) is 1. The Balaban J connectivity index is 1.07. The Bertz CT molecular complexity index is 1710. The van der Waals surface area contributed by atoms with E-state index in [-0.39, 0.29) is 18.9 Å². The summed E-state index contributed by atoms with van der Waals surface area (Å²) in [6, 6.07) is 39.1. The van der Waals surface area contributed by atoms with E-state index in [0.29, 0.717) is 29.4 Å². The van der Waals surface area contributed by atoms with Gasteiger partial charge in [0.15, 0.2) is 0 Å². The molecule has 0 radical (unpaired) electrons. The van der Waals surface area contributed by atoms with Crippen molar-refractivity contribution in [3.8, 4) is 28.4 Å². The molecular weight excluding hydrogens is 554 g/mol. The van der Waals surface area contributed by atoms with Gasteiger partial charge in [0, 0.05) is 12.3 Å². The quantitative estimate of drug-likeness (QED) is 0.166. The predicted molar refractivity (Wildman–Crippen MR) is 167 cm³/mol. The number of fused-ring (bicyclic) bond motifs is 3. The van der Waals surface area contributed by atoms with E-state index in [1.165, 1.54) is 0 Å². The molecule has 1 aliphatic carbocycles. The van der Waals surface area contributed by atoms with Gasteiger partial charge in [-0.25, -0.2) is 9.59 Å². The number of aliphatic carboxylic acids is 1. The highest BCUT2D eigenvalue weighted by molar-refractivity contribution is 5.81. The van der Waals surface area contributed by atoms with Crippen LogP contribution in [0.1, 0.15) is 28.2 Å². The number of carbonyl (C=O) groups excluding carboxylic acids is 1. The molecule has 1 unspecified atom stereocenters. The second-order valence-corrected chi connectivity index (χ2v) is 10.5. The normalized spacial score (nSPS) is 12.5. The number of hydrogen-bond acceptors (Lipinski definition) is 5. The molecule has 0 fully saturated rings. The fourth-order valence-corrected chi connectivity index (χ4v) is 5.45. The lowest BCUT2D eigenvalue weighted by Gasteiger charge is -2.19. The van der Waals surface area contributed by atoms with E-state index in [2.05, 4.69) is 17.4 Å². The van der Waals surface area contributed by atoms with Gasteiger partial charge in [0.1, 0.15) is 36.5 Å². The maximum Gasteiger partial charge on any atom is 0.407 e. The van der Waals surface area contributed by atoms with Crippen LogP contribution in [0.2, 0.25) is 0 Å². The van der Waals surface area contributed by atoms with E-state index in [0.717, 1.165) is 27.8 Å². The highest BCUT2D eigenvalue weighted by Gasteiger charge is 2.30. The van der Waals surface area contributed by atoms with Crippen molar-refractivity contribution in [2.45, 2.75) is 25.0 Å². The Morgan fingerprint density at radius 3 is 1.98 bits per heavy atom. The third-order valence-electron chi connectivity index (χ3n) is 7.63. The van der Waals surface area contributed by atoms with Crippen LogP contribution in [-0.2, 0) is 22.6 Å². The first kappa shape index (κ1) is 28.6. The minimum atomic E-state index is -1.22.